The molecule has 0 bridgehead atoms. The van der Waals surface area contributed by atoms with E-state index in [9.17, 15) is 15.0 Å². The van der Waals surface area contributed by atoms with Gasteiger partial charge in [0.25, 0.3) is 0 Å². The van der Waals surface area contributed by atoms with Crippen LogP contribution in [0.3, 0.4) is 0 Å². The predicted octanol–water partition coefficient (Wildman–Crippen LogP) is 2.51. The SMILES string of the molecule is CC1(C)CCc2nc([C@H]3CCCN3C(=O)O)nc(O)c2C1. The van der Waals surface area contributed by atoms with Gasteiger partial charge in [0.1, 0.15) is 0 Å². The summed E-state index contributed by atoms with van der Waals surface area (Å²) in [5.41, 5.74) is 1.86. The molecule has 2 aliphatic rings. The molecule has 1 aromatic rings. The van der Waals surface area contributed by atoms with Gasteiger partial charge in [0.2, 0.25) is 5.88 Å². The normalized spacial score (nSPS) is 23.9. The number of hydrogen-bond acceptors (Lipinski definition) is 4. The summed E-state index contributed by atoms with van der Waals surface area (Å²) in [7, 11) is 0. The van der Waals surface area contributed by atoms with Crippen molar-refractivity contribution in [3.63, 3.8) is 0 Å². The molecule has 21 heavy (non-hydrogen) atoms. The maximum atomic E-state index is 11.3. The molecule has 1 fully saturated rings. The van der Waals surface area contributed by atoms with Gasteiger partial charge in [0, 0.05) is 12.1 Å². The number of carbonyl (C=O) groups is 1. The molecule has 3 rings (SSSR count). The lowest BCUT2D eigenvalue weighted by Gasteiger charge is -2.31. The van der Waals surface area contributed by atoms with Gasteiger partial charge in [0.15, 0.2) is 5.82 Å². The Kier molecular flexibility index (Phi) is 3.26. The molecule has 0 radical (unpaired) electrons. The maximum Gasteiger partial charge on any atom is 0.407 e. The number of aromatic nitrogens is 2. The van der Waals surface area contributed by atoms with Gasteiger partial charge < -0.3 is 10.2 Å². The second-order valence-electron chi connectivity index (χ2n) is 6.81. The zero-order chi connectivity index (χ0) is 15.2. The van der Waals surface area contributed by atoms with Crippen molar-refractivity contribution in [2.24, 2.45) is 5.41 Å². The Labute approximate surface area is 123 Å². The van der Waals surface area contributed by atoms with E-state index in [2.05, 4.69) is 23.8 Å². The number of hydrogen-bond donors (Lipinski definition) is 2. The average molecular weight is 291 g/mol. The molecule has 6 heteroatoms. The molecular weight excluding hydrogens is 270 g/mol. The van der Waals surface area contributed by atoms with Gasteiger partial charge in [-0.2, -0.15) is 4.98 Å². The van der Waals surface area contributed by atoms with Crippen LogP contribution in [0.5, 0.6) is 5.88 Å². The molecule has 0 saturated carbocycles. The number of nitrogens with zero attached hydrogens (tertiary/aromatic N) is 3. The summed E-state index contributed by atoms with van der Waals surface area (Å²) in [6.07, 6.45) is 3.18. The molecule has 0 aromatic carbocycles. The molecule has 0 unspecified atom stereocenters. The highest BCUT2D eigenvalue weighted by atomic mass is 16.4. The highest BCUT2D eigenvalue weighted by Gasteiger charge is 2.35. The van der Waals surface area contributed by atoms with E-state index < -0.39 is 6.09 Å². The number of carboxylic acid groups (broad SMARTS) is 1. The number of fused-ring (bicyclic) bond motifs is 1. The Morgan fingerprint density at radius 2 is 2.14 bits per heavy atom. The standard InChI is InChI=1S/C15H21N3O3/c1-15(2)6-5-10-9(8-15)13(19)17-12(16-10)11-4-3-7-18(11)14(20)21/h11H,3-8H2,1-2H3,(H,20,21)(H,16,17,19)/t11-/m1/s1. The number of amides is 1. The number of aromatic hydroxyl groups is 1. The van der Waals surface area contributed by atoms with Crippen LogP contribution in [-0.2, 0) is 12.8 Å². The minimum Gasteiger partial charge on any atom is -0.493 e. The van der Waals surface area contributed by atoms with Crippen molar-refractivity contribution < 1.29 is 15.0 Å². The summed E-state index contributed by atoms with van der Waals surface area (Å²) in [6.45, 7) is 4.85. The fourth-order valence-corrected chi connectivity index (χ4v) is 3.36. The van der Waals surface area contributed by atoms with Gasteiger partial charge in [0.05, 0.1) is 11.7 Å². The summed E-state index contributed by atoms with van der Waals surface area (Å²) in [5.74, 6) is 0.478. The molecule has 2 heterocycles. The minimum absolute atomic E-state index is 0.0278. The smallest absolute Gasteiger partial charge is 0.407 e. The lowest BCUT2D eigenvalue weighted by atomic mass is 9.76. The zero-order valence-electron chi connectivity index (χ0n) is 12.5. The van der Waals surface area contributed by atoms with E-state index in [1.807, 2.05) is 0 Å². The Balaban J connectivity index is 1.96. The first-order valence-electron chi connectivity index (χ1n) is 7.45. The highest BCUT2D eigenvalue weighted by Crippen LogP contribution is 2.39. The van der Waals surface area contributed by atoms with E-state index in [4.69, 9.17) is 0 Å². The van der Waals surface area contributed by atoms with E-state index in [0.29, 0.717) is 12.4 Å². The van der Waals surface area contributed by atoms with Crippen LogP contribution < -0.4 is 0 Å². The molecule has 0 spiro atoms. The molecule has 114 valence electrons. The molecule has 2 N–H and O–H groups in total. The monoisotopic (exact) mass is 291 g/mol. The van der Waals surface area contributed by atoms with Gasteiger partial charge in [-0.25, -0.2) is 9.78 Å². The summed E-state index contributed by atoms with van der Waals surface area (Å²) < 4.78 is 0. The van der Waals surface area contributed by atoms with E-state index in [0.717, 1.165) is 43.4 Å². The maximum absolute atomic E-state index is 11.3. The third kappa shape index (κ3) is 2.54. The quantitative estimate of drug-likeness (QED) is 0.830. The van der Waals surface area contributed by atoms with Gasteiger partial charge in [-0.1, -0.05) is 13.8 Å². The first-order valence-corrected chi connectivity index (χ1v) is 7.45. The summed E-state index contributed by atoms with van der Waals surface area (Å²) in [5, 5.41) is 19.5. The zero-order valence-corrected chi connectivity index (χ0v) is 12.5. The predicted molar refractivity (Wildman–Crippen MR) is 76.2 cm³/mol. The lowest BCUT2D eigenvalue weighted by molar-refractivity contribution is 0.138. The molecule has 1 atom stereocenters. The second-order valence-corrected chi connectivity index (χ2v) is 6.81. The fourth-order valence-electron chi connectivity index (χ4n) is 3.36. The van der Waals surface area contributed by atoms with Crippen molar-refractivity contribution in [3.8, 4) is 5.88 Å². The fraction of sp³-hybridized carbons (Fsp3) is 0.667. The van der Waals surface area contributed by atoms with E-state index in [-0.39, 0.29) is 17.3 Å². The van der Waals surface area contributed by atoms with Crippen LogP contribution in [0.4, 0.5) is 4.79 Å². The van der Waals surface area contributed by atoms with Crippen molar-refractivity contribution in [1.82, 2.24) is 14.9 Å². The van der Waals surface area contributed by atoms with Crippen LogP contribution in [0, 0.1) is 5.41 Å². The van der Waals surface area contributed by atoms with Gasteiger partial charge in [-0.3, -0.25) is 4.90 Å². The van der Waals surface area contributed by atoms with E-state index >= 15 is 0 Å². The lowest BCUT2D eigenvalue weighted by Crippen LogP contribution is -2.31. The highest BCUT2D eigenvalue weighted by molar-refractivity contribution is 5.66. The number of likely N-dealkylation sites (tertiary alicyclic amines) is 1. The van der Waals surface area contributed by atoms with Crippen molar-refractivity contribution >= 4 is 6.09 Å². The van der Waals surface area contributed by atoms with Crippen LogP contribution in [-0.4, -0.2) is 37.7 Å². The largest absolute Gasteiger partial charge is 0.493 e. The second kappa shape index (κ2) is 4.86. The minimum atomic E-state index is -0.945. The molecule has 1 aromatic heterocycles. The van der Waals surface area contributed by atoms with Crippen molar-refractivity contribution in [3.05, 3.63) is 17.1 Å². The number of rotatable bonds is 1. The Hall–Kier alpha value is -1.85. The summed E-state index contributed by atoms with van der Waals surface area (Å²) >= 11 is 0. The molecular formula is C15H21N3O3. The van der Waals surface area contributed by atoms with Gasteiger partial charge in [-0.05, 0) is 37.5 Å². The third-order valence-electron chi connectivity index (χ3n) is 4.58. The molecule has 6 nitrogen and oxygen atoms in total. The Morgan fingerprint density at radius 3 is 2.86 bits per heavy atom. The number of aryl methyl sites for hydroxylation is 1. The van der Waals surface area contributed by atoms with Crippen LogP contribution in [0.25, 0.3) is 0 Å². The van der Waals surface area contributed by atoms with Crippen LogP contribution >= 0.6 is 0 Å². The van der Waals surface area contributed by atoms with Crippen molar-refractivity contribution in [1.29, 1.82) is 0 Å². The van der Waals surface area contributed by atoms with Crippen molar-refractivity contribution in [2.75, 3.05) is 6.54 Å². The average Bonchev–Trinajstić information content (AvgIpc) is 2.88. The van der Waals surface area contributed by atoms with Crippen molar-refractivity contribution in [2.45, 2.75) is 52.0 Å². The van der Waals surface area contributed by atoms with E-state index in [1.54, 1.807) is 0 Å². The summed E-state index contributed by atoms with van der Waals surface area (Å²) in [6, 6.07) is -0.325. The molecule has 1 saturated heterocycles. The van der Waals surface area contributed by atoms with Crippen LogP contribution in [0.1, 0.15) is 56.2 Å². The van der Waals surface area contributed by atoms with Crippen LogP contribution in [0.2, 0.25) is 0 Å². The van der Waals surface area contributed by atoms with Gasteiger partial charge >= 0.3 is 6.09 Å². The molecule has 1 aliphatic heterocycles. The first-order chi connectivity index (χ1) is 9.87. The van der Waals surface area contributed by atoms with Gasteiger partial charge in [-0.15, -0.1) is 0 Å². The molecule has 1 aliphatic carbocycles. The third-order valence-corrected chi connectivity index (χ3v) is 4.58. The Bertz CT molecular complexity index is 586. The van der Waals surface area contributed by atoms with E-state index in [1.165, 1.54) is 4.90 Å². The van der Waals surface area contributed by atoms with Crippen LogP contribution in [0.15, 0.2) is 0 Å². The Morgan fingerprint density at radius 1 is 1.38 bits per heavy atom. The topological polar surface area (TPSA) is 86.6 Å². The summed E-state index contributed by atoms with van der Waals surface area (Å²) in [4.78, 5) is 21.4. The first kappa shape index (κ1) is 14.1. The molecule has 1 amide bonds.